The zero-order chi connectivity index (χ0) is 11.4. The molecule has 15 heavy (non-hydrogen) atoms. The van der Waals surface area contributed by atoms with Gasteiger partial charge in [0, 0.05) is 32.1 Å². The Labute approximate surface area is 91.2 Å². The second-order valence-electron chi connectivity index (χ2n) is 4.41. The zero-order valence-corrected chi connectivity index (χ0v) is 9.82. The Kier molecular flexibility index (Phi) is 4.27. The lowest BCUT2D eigenvalue weighted by molar-refractivity contribution is -0.132. The van der Waals surface area contributed by atoms with Crippen molar-refractivity contribution in [2.24, 2.45) is 0 Å². The summed E-state index contributed by atoms with van der Waals surface area (Å²) in [6.07, 6.45) is 0.533. The average Bonchev–Trinajstić information content (AvgIpc) is 2.28. The van der Waals surface area contributed by atoms with Crippen LogP contribution in [0.25, 0.3) is 0 Å². The van der Waals surface area contributed by atoms with Gasteiger partial charge >= 0.3 is 0 Å². The number of carbonyl (C=O) groups is 2. The van der Waals surface area contributed by atoms with Crippen molar-refractivity contribution in [3.63, 3.8) is 0 Å². The number of nitrogens with zero attached hydrogens (tertiary/aromatic N) is 2. The lowest BCUT2D eigenvalue weighted by Crippen LogP contribution is -2.38. The summed E-state index contributed by atoms with van der Waals surface area (Å²) >= 11 is 0. The smallest absolute Gasteiger partial charge is 0.224 e. The van der Waals surface area contributed by atoms with E-state index in [1.54, 1.807) is 6.92 Å². The molecule has 0 aromatic heterocycles. The Bertz CT molecular complexity index is 251. The molecule has 1 aliphatic rings. The molecule has 0 saturated carbocycles. The first-order chi connectivity index (χ1) is 7.00. The van der Waals surface area contributed by atoms with Gasteiger partial charge in [-0.05, 0) is 20.8 Å². The lowest BCUT2D eigenvalue weighted by Gasteiger charge is -2.25. The SMILES string of the molecule is CC(=O)CN1CCC(=O)N(C(C)C)CC1. The van der Waals surface area contributed by atoms with Crippen LogP contribution in [0.2, 0.25) is 0 Å². The molecule has 1 aliphatic heterocycles. The minimum absolute atomic E-state index is 0.167. The van der Waals surface area contributed by atoms with Gasteiger partial charge < -0.3 is 4.90 Å². The average molecular weight is 212 g/mol. The summed E-state index contributed by atoms with van der Waals surface area (Å²) in [5.74, 6) is 0.372. The molecule has 0 unspecified atom stereocenters. The Morgan fingerprint density at radius 1 is 1.33 bits per heavy atom. The molecular weight excluding hydrogens is 192 g/mol. The molecule has 0 aliphatic carbocycles. The van der Waals surface area contributed by atoms with Gasteiger partial charge in [0.1, 0.15) is 5.78 Å². The highest BCUT2D eigenvalue weighted by Crippen LogP contribution is 2.08. The van der Waals surface area contributed by atoms with Crippen LogP contribution in [0.1, 0.15) is 27.2 Å². The fraction of sp³-hybridized carbons (Fsp3) is 0.818. The molecule has 0 bridgehead atoms. The highest BCUT2D eigenvalue weighted by Gasteiger charge is 2.22. The van der Waals surface area contributed by atoms with Crippen molar-refractivity contribution in [2.45, 2.75) is 33.2 Å². The van der Waals surface area contributed by atoms with E-state index in [0.29, 0.717) is 19.5 Å². The van der Waals surface area contributed by atoms with Crippen molar-refractivity contribution in [2.75, 3.05) is 26.2 Å². The van der Waals surface area contributed by atoms with E-state index < -0.39 is 0 Å². The molecule has 86 valence electrons. The van der Waals surface area contributed by atoms with Crippen LogP contribution in [0.5, 0.6) is 0 Å². The van der Waals surface area contributed by atoms with Crippen molar-refractivity contribution < 1.29 is 9.59 Å². The predicted molar refractivity (Wildman–Crippen MR) is 58.6 cm³/mol. The van der Waals surface area contributed by atoms with E-state index in [0.717, 1.165) is 13.1 Å². The van der Waals surface area contributed by atoms with Crippen LogP contribution < -0.4 is 0 Å². The van der Waals surface area contributed by atoms with E-state index in [-0.39, 0.29) is 17.7 Å². The zero-order valence-electron chi connectivity index (χ0n) is 9.82. The van der Waals surface area contributed by atoms with Crippen LogP contribution in [0.3, 0.4) is 0 Å². The van der Waals surface area contributed by atoms with Gasteiger partial charge in [0.15, 0.2) is 0 Å². The minimum Gasteiger partial charge on any atom is -0.339 e. The lowest BCUT2D eigenvalue weighted by atomic mass is 10.3. The van der Waals surface area contributed by atoms with Gasteiger partial charge in [0.2, 0.25) is 5.91 Å². The molecule has 1 amide bonds. The fourth-order valence-electron chi connectivity index (χ4n) is 1.90. The van der Waals surface area contributed by atoms with Crippen molar-refractivity contribution in [3.05, 3.63) is 0 Å². The normalized spacial score (nSPS) is 19.5. The summed E-state index contributed by atoms with van der Waals surface area (Å²) < 4.78 is 0. The van der Waals surface area contributed by atoms with E-state index in [9.17, 15) is 9.59 Å². The van der Waals surface area contributed by atoms with Gasteiger partial charge in [0.25, 0.3) is 0 Å². The molecule has 0 radical (unpaired) electrons. The van der Waals surface area contributed by atoms with Crippen LogP contribution in [-0.4, -0.2) is 53.7 Å². The number of hydrogen-bond acceptors (Lipinski definition) is 3. The Hall–Kier alpha value is -0.900. The van der Waals surface area contributed by atoms with Gasteiger partial charge in [-0.25, -0.2) is 0 Å². The van der Waals surface area contributed by atoms with Crippen LogP contribution in [0.4, 0.5) is 0 Å². The number of ketones is 1. The maximum atomic E-state index is 11.7. The molecule has 1 saturated heterocycles. The molecule has 4 nitrogen and oxygen atoms in total. The van der Waals surface area contributed by atoms with Crippen molar-refractivity contribution >= 4 is 11.7 Å². The van der Waals surface area contributed by atoms with Gasteiger partial charge in [-0.3, -0.25) is 14.5 Å². The first-order valence-electron chi connectivity index (χ1n) is 5.52. The van der Waals surface area contributed by atoms with E-state index in [1.807, 2.05) is 18.7 Å². The summed E-state index contributed by atoms with van der Waals surface area (Å²) in [5, 5.41) is 0. The number of Topliss-reactive ketones (excluding diaryl/α,β-unsaturated/α-hetero) is 1. The van der Waals surface area contributed by atoms with E-state index >= 15 is 0 Å². The third-order valence-corrected chi connectivity index (χ3v) is 2.69. The molecule has 0 aromatic rings. The second kappa shape index (κ2) is 5.26. The van der Waals surface area contributed by atoms with Gasteiger partial charge in [-0.15, -0.1) is 0 Å². The third-order valence-electron chi connectivity index (χ3n) is 2.69. The number of hydrogen-bond donors (Lipinski definition) is 0. The van der Waals surface area contributed by atoms with Crippen molar-refractivity contribution in [1.82, 2.24) is 9.80 Å². The van der Waals surface area contributed by atoms with Crippen molar-refractivity contribution in [3.8, 4) is 0 Å². The van der Waals surface area contributed by atoms with Crippen LogP contribution in [0, 0.1) is 0 Å². The Morgan fingerprint density at radius 2 is 2.00 bits per heavy atom. The second-order valence-corrected chi connectivity index (χ2v) is 4.41. The predicted octanol–water partition coefficient (Wildman–Crippen LogP) is 0.518. The summed E-state index contributed by atoms with van der Waals surface area (Å²) in [6, 6.07) is 0.259. The topological polar surface area (TPSA) is 40.6 Å². The summed E-state index contributed by atoms with van der Waals surface area (Å²) in [7, 11) is 0. The molecular formula is C11H20N2O2. The highest BCUT2D eigenvalue weighted by molar-refractivity contribution is 5.79. The van der Waals surface area contributed by atoms with Crippen LogP contribution in [-0.2, 0) is 9.59 Å². The first kappa shape index (κ1) is 12.2. The third kappa shape index (κ3) is 3.63. The summed E-state index contributed by atoms with van der Waals surface area (Å²) in [5.41, 5.74) is 0. The van der Waals surface area contributed by atoms with E-state index in [1.165, 1.54) is 0 Å². The molecule has 1 heterocycles. The number of amides is 1. The molecule has 1 fully saturated rings. The number of carbonyl (C=O) groups excluding carboxylic acids is 2. The van der Waals surface area contributed by atoms with E-state index in [4.69, 9.17) is 0 Å². The minimum atomic E-state index is 0.167. The molecule has 4 heteroatoms. The highest BCUT2D eigenvalue weighted by atomic mass is 16.2. The molecule has 1 rings (SSSR count). The fourth-order valence-corrected chi connectivity index (χ4v) is 1.90. The number of rotatable bonds is 3. The molecule has 0 spiro atoms. The quantitative estimate of drug-likeness (QED) is 0.684. The van der Waals surface area contributed by atoms with E-state index in [2.05, 4.69) is 4.90 Å². The standard InChI is InChI=1S/C11H20N2O2/c1-9(2)13-7-6-12(8-10(3)14)5-4-11(13)15/h9H,4-8H2,1-3H3. The Balaban J connectivity index is 2.53. The van der Waals surface area contributed by atoms with Gasteiger partial charge in [-0.2, -0.15) is 0 Å². The maximum Gasteiger partial charge on any atom is 0.224 e. The first-order valence-corrected chi connectivity index (χ1v) is 5.52. The van der Waals surface area contributed by atoms with Crippen LogP contribution >= 0.6 is 0 Å². The monoisotopic (exact) mass is 212 g/mol. The summed E-state index contributed by atoms with van der Waals surface area (Å²) in [4.78, 5) is 26.6. The molecule has 0 N–H and O–H groups in total. The molecule has 0 aromatic carbocycles. The van der Waals surface area contributed by atoms with Gasteiger partial charge in [0.05, 0.1) is 6.54 Å². The van der Waals surface area contributed by atoms with Crippen LogP contribution in [0.15, 0.2) is 0 Å². The Morgan fingerprint density at radius 3 is 2.53 bits per heavy atom. The summed E-state index contributed by atoms with van der Waals surface area (Å²) in [6.45, 7) is 8.37. The van der Waals surface area contributed by atoms with Gasteiger partial charge in [-0.1, -0.05) is 0 Å². The molecule has 0 atom stereocenters. The van der Waals surface area contributed by atoms with Crippen molar-refractivity contribution in [1.29, 1.82) is 0 Å². The maximum absolute atomic E-state index is 11.7. The largest absolute Gasteiger partial charge is 0.339 e.